The smallest absolute Gasteiger partial charge is 0.329 e. The molecular weight excluding hydrogens is 325 g/mol. The van der Waals surface area contributed by atoms with Crippen LogP contribution in [0.4, 0.5) is 5.82 Å². The number of fused-ring (bicyclic) bond motifs is 1. The van der Waals surface area contributed by atoms with Gasteiger partial charge in [0.05, 0.1) is 6.33 Å². The van der Waals surface area contributed by atoms with Gasteiger partial charge in [0, 0.05) is 6.42 Å². The van der Waals surface area contributed by atoms with Crippen LogP contribution in [0, 0.1) is 0 Å². The molecule has 2 atom stereocenters. The van der Waals surface area contributed by atoms with E-state index in [2.05, 4.69) is 26.1 Å². The van der Waals surface area contributed by atoms with Crippen LogP contribution in [0.5, 0.6) is 0 Å². The maximum absolute atomic E-state index is 8.74. The second-order valence-electron chi connectivity index (χ2n) is 4.85. The van der Waals surface area contributed by atoms with Crippen molar-refractivity contribution in [1.29, 1.82) is 0 Å². The number of anilines is 1. The number of nitrogens with zero attached hydrogens (tertiary/aromatic N) is 4. The van der Waals surface area contributed by atoms with Crippen LogP contribution < -0.4 is 5.73 Å². The van der Waals surface area contributed by atoms with Gasteiger partial charge in [-0.2, -0.15) is 0 Å². The summed E-state index contributed by atoms with van der Waals surface area (Å²) in [7, 11) is -2.48. The van der Waals surface area contributed by atoms with Crippen molar-refractivity contribution in [3.05, 3.63) is 25.3 Å². The predicted octanol–water partition coefficient (Wildman–Crippen LogP) is 0.802. The van der Waals surface area contributed by atoms with Gasteiger partial charge in [-0.25, -0.2) is 15.0 Å². The van der Waals surface area contributed by atoms with E-state index in [0.717, 1.165) is 0 Å². The van der Waals surface area contributed by atoms with Crippen LogP contribution in [0.25, 0.3) is 11.2 Å². The lowest BCUT2D eigenvalue weighted by atomic mass is 10.2. The third-order valence-corrected chi connectivity index (χ3v) is 3.89. The summed E-state index contributed by atoms with van der Waals surface area (Å²) in [4.78, 5) is 29.8. The van der Waals surface area contributed by atoms with Gasteiger partial charge in [-0.1, -0.05) is 6.58 Å². The number of ether oxygens (including phenoxy) is 2. The Labute approximate surface area is 132 Å². The minimum Gasteiger partial charge on any atom is -0.382 e. The Morgan fingerprint density at radius 2 is 2.35 bits per heavy atom. The Morgan fingerprint density at radius 3 is 3.09 bits per heavy atom. The van der Waals surface area contributed by atoms with Crippen LogP contribution in [0.15, 0.2) is 25.3 Å². The van der Waals surface area contributed by atoms with E-state index in [1.807, 2.05) is 0 Å². The zero-order chi connectivity index (χ0) is 16.4. The zero-order valence-electron chi connectivity index (χ0n) is 12.1. The Kier molecular flexibility index (Phi) is 4.53. The fourth-order valence-electron chi connectivity index (χ4n) is 2.44. The van der Waals surface area contributed by atoms with E-state index in [4.69, 9.17) is 25.0 Å². The van der Waals surface area contributed by atoms with E-state index in [0.29, 0.717) is 29.8 Å². The molecule has 0 aromatic carbocycles. The summed E-state index contributed by atoms with van der Waals surface area (Å²) in [5, 5.41) is 0. The van der Waals surface area contributed by atoms with Gasteiger partial charge in [0.15, 0.2) is 24.0 Å². The van der Waals surface area contributed by atoms with Crippen molar-refractivity contribution < 1.29 is 23.8 Å². The first kappa shape index (κ1) is 16.2. The van der Waals surface area contributed by atoms with Crippen LogP contribution in [0.2, 0.25) is 0 Å². The molecule has 0 amide bonds. The van der Waals surface area contributed by atoms with Crippen molar-refractivity contribution in [3.8, 4) is 0 Å². The topological polar surface area (TPSA) is 138 Å². The molecule has 2 aromatic heterocycles. The van der Waals surface area contributed by atoms with Crippen LogP contribution in [0.3, 0.4) is 0 Å². The lowest BCUT2D eigenvalue weighted by Crippen LogP contribution is -2.30. The molecule has 3 heterocycles. The monoisotopic (exact) mass is 341 g/mol. The van der Waals surface area contributed by atoms with E-state index in [1.165, 1.54) is 12.4 Å². The molecule has 4 N–H and O–H groups in total. The molecule has 0 aliphatic carbocycles. The first-order valence-corrected chi connectivity index (χ1v) is 7.90. The summed E-state index contributed by atoms with van der Waals surface area (Å²) in [5.41, 5.74) is 6.84. The first-order valence-electron chi connectivity index (χ1n) is 6.74. The minimum atomic E-state index is -2.48. The molecular formula is C12H16N5O5P. The molecule has 124 valence electrons. The summed E-state index contributed by atoms with van der Waals surface area (Å²) in [6, 6.07) is 0. The molecule has 1 fully saturated rings. The van der Waals surface area contributed by atoms with Crippen LogP contribution in [-0.4, -0.2) is 41.9 Å². The fourth-order valence-corrected chi connectivity index (χ4v) is 2.58. The van der Waals surface area contributed by atoms with Gasteiger partial charge in [0.25, 0.3) is 0 Å². The van der Waals surface area contributed by atoms with E-state index in [-0.39, 0.29) is 13.0 Å². The van der Waals surface area contributed by atoms with Crippen molar-refractivity contribution >= 4 is 25.6 Å². The second kappa shape index (κ2) is 6.44. The average Bonchev–Trinajstić information content (AvgIpc) is 3.12. The molecule has 0 radical (unpaired) electrons. The lowest BCUT2D eigenvalue weighted by molar-refractivity contribution is -0.231. The fraction of sp³-hybridized carbons (Fsp3) is 0.417. The third kappa shape index (κ3) is 3.18. The van der Waals surface area contributed by atoms with Crippen molar-refractivity contribution in [2.24, 2.45) is 0 Å². The van der Waals surface area contributed by atoms with E-state index < -0.39 is 14.4 Å². The molecule has 1 aliphatic rings. The van der Waals surface area contributed by atoms with Gasteiger partial charge in [0.1, 0.15) is 18.1 Å². The van der Waals surface area contributed by atoms with Crippen molar-refractivity contribution in [2.45, 2.75) is 24.9 Å². The van der Waals surface area contributed by atoms with Gasteiger partial charge in [0.2, 0.25) is 0 Å². The maximum atomic E-state index is 8.74. The molecule has 0 saturated carbocycles. The molecule has 2 aromatic rings. The Hall–Kier alpha value is -1.68. The van der Waals surface area contributed by atoms with Gasteiger partial charge in [-0.3, -0.25) is 9.09 Å². The SMILES string of the molecule is C=C[C@@]1(OCOP(O)O)CC[C@H](n2cnc3c(N)ncnc32)O1. The summed E-state index contributed by atoms with van der Waals surface area (Å²) in [5.74, 6) is -0.781. The predicted molar refractivity (Wildman–Crippen MR) is 80.4 cm³/mol. The summed E-state index contributed by atoms with van der Waals surface area (Å²) in [6.07, 6.45) is 5.21. The average molecular weight is 341 g/mol. The summed E-state index contributed by atoms with van der Waals surface area (Å²) < 4.78 is 17.7. The van der Waals surface area contributed by atoms with Crippen molar-refractivity contribution in [1.82, 2.24) is 19.5 Å². The molecule has 0 bridgehead atoms. The van der Waals surface area contributed by atoms with E-state index in [1.54, 1.807) is 10.9 Å². The lowest BCUT2D eigenvalue weighted by Gasteiger charge is -2.26. The standard InChI is InChI=1S/C12H16N5O5P/c1-2-12(20-7-21-23(18)19)4-3-8(22-12)17-6-16-9-10(13)14-5-15-11(9)17/h2,5-6,8,18-19H,1,3-4,7H2,(H2,13,14,15)/t8-,12+/m1/s1. The molecule has 1 aliphatic heterocycles. The number of rotatable bonds is 6. The van der Waals surface area contributed by atoms with Crippen LogP contribution >= 0.6 is 8.60 Å². The summed E-state index contributed by atoms with van der Waals surface area (Å²) in [6.45, 7) is 3.39. The quantitative estimate of drug-likeness (QED) is 0.395. The van der Waals surface area contributed by atoms with Gasteiger partial charge in [-0.15, -0.1) is 0 Å². The van der Waals surface area contributed by atoms with Crippen molar-refractivity contribution in [3.63, 3.8) is 0 Å². The van der Waals surface area contributed by atoms with Crippen LogP contribution in [0.1, 0.15) is 19.1 Å². The maximum Gasteiger partial charge on any atom is 0.329 e. The van der Waals surface area contributed by atoms with E-state index in [9.17, 15) is 0 Å². The number of hydrogen-bond donors (Lipinski definition) is 3. The van der Waals surface area contributed by atoms with Crippen LogP contribution in [-0.2, 0) is 14.0 Å². The zero-order valence-corrected chi connectivity index (χ0v) is 13.0. The highest BCUT2D eigenvalue weighted by molar-refractivity contribution is 7.39. The number of nitrogens with two attached hydrogens (primary N) is 1. The Balaban J connectivity index is 1.77. The van der Waals surface area contributed by atoms with Gasteiger partial charge in [-0.05, 0) is 12.5 Å². The Bertz CT molecular complexity index is 710. The van der Waals surface area contributed by atoms with E-state index >= 15 is 0 Å². The minimum absolute atomic E-state index is 0.297. The summed E-state index contributed by atoms with van der Waals surface area (Å²) >= 11 is 0. The molecule has 0 spiro atoms. The van der Waals surface area contributed by atoms with Gasteiger partial charge >= 0.3 is 8.60 Å². The largest absolute Gasteiger partial charge is 0.382 e. The molecule has 10 nitrogen and oxygen atoms in total. The Morgan fingerprint density at radius 1 is 1.52 bits per heavy atom. The molecule has 11 heteroatoms. The number of hydrogen-bond acceptors (Lipinski definition) is 9. The highest BCUT2D eigenvalue weighted by atomic mass is 31.2. The molecule has 0 unspecified atom stereocenters. The highest BCUT2D eigenvalue weighted by Crippen LogP contribution is 2.40. The number of aromatic nitrogens is 4. The molecule has 23 heavy (non-hydrogen) atoms. The van der Waals surface area contributed by atoms with Crippen molar-refractivity contribution in [2.75, 3.05) is 12.5 Å². The normalized spacial score (nSPS) is 24.6. The number of nitrogen functional groups attached to an aromatic ring is 1. The second-order valence-corrected chi connectivity index (χ2v) is 5.62. The first-order chi connectivity index (χ1) is 11.0. The number of imidazole rings is 1. The van der Waals surface area contributed by atoms with Gasteiger partial charge < -0.3 is 25.0 Å². The molecule has 1 saturated heterocycles. The highest BCUT2D eigenvalue weighted by Gasteiger charge is 2.40. The molecule has 3 rings (SSSR count). The third-order valence-electron chi connectivity index (χ3n) is 3.56.